The molecule has 0 amide bonds. The lowest BCUT2D eigenvalue weighted by molar-refractivity contribution is 0.318. The van der Waals surface area contributed by atoms with Crippen molar-refractivity contribution in [2.45, 2.75) is 32.4 Å². The van der Waals surface area contributed by atoms with Gasteiger partial charge in [0.05, 0.1) is 0 Å². The number of hydrogen-bond donors (Lipinski definition) is 3. The van der Waals surface area contributed by atoms with Crippen LogP contribution < -0.4 is 11.1 Å². The summed E-state index contributed by atoms with van der Waals surface area (Å²) >= 11 is 6.16. The first kappa shape index (κ1) is 15.4. The largest absolute Gasteiger partial charge is 0.409 e. The molecule has 0 saturated heterocycles. The maximum atomic E-state index is 8.60. The summed E-state index contributed by atoms with van der Waals surface area (Å²) < 4.78 is 0. The summed E-state index contributed by atoms with van der Waals surface area (Å²) in [5.41, 5.74) is 7.04. The van der Waals surface area contributed by atoms with Crippen LogP contribution in [0.2, 0.25) is 5.02 Å². The van der Waals surface area contributed by atoms with Crippen LogP contribution >= 0.6 is 11.6 Å². The first-order valence-corrected chi connectivity index (χ1v) is 6.43. The molecular weight excluding hydrogens is 262 g/mol. The number of nitrogens with zero attached hydrogens (tertiary/aromatic N) is 1. The van der Waals surface area contributed by atoms with Gasteiger partial charge in [-0.2, -0.15) is 0 Å². The topological polar surface area (TPSA) is 70.6 Å². The third-order valence-electron chi connectivity index (χ3n) is 2.89. The highest BCUT2D eigenvalue weighted by molar-refractivity contribution is 6.31. The summed E-state index contributed by atoms with van der Waals surface area (Å²) in [4.78, 5) is 0. The zero-order chi connectivity index (χ0) is 14.3. The predicted octanol–water partition coefficient (Wildman–Crippen LogP) is 2.33. The Morgan fingerprint density at radius 2 is 2.37 bits per heavy atom. The number of benzene rings is 1. The minimum atomic E-state index is 0.0418. The van der Waals surface area contributed by atoms with E-state index < -0.39 is 0 Å². The van der Waals surface area contributed by atoms with Gasteiger partial charge in [-0.15, -0.1) is 12.3 Å². The van der Waals surface area contributed by atoms with Crippen LogP contribution in [0.4, 0.5) is 0 Å². The van der Waals surface area contributed by atoms with Crippen LogP contribution in [0.5, 0.6) is 0 Å². The number of rotatable bonds is 6. The zero-order valence-electron chi connectivity index (χ0n) is 10.9. The van der Waals surface area contributed by atoms with Gasteiger partial charge in [-0.05, 0) is 18.1 Å². The Balaban J connectivity index is 2.73. The Morgan fingerprint density at radius 3 is 2.89 bits per heavy atom. The van der Waals surface area contributed by atoms with Gasteiger partial charge < -0.3 is 16.3 Å². The van der Waals surface area contributed by atoms with Crippen LogP contribution in [0.3, 0.4) is 0 Å². The van der Waals surface area contributed by atoms with E-state index in [-0.39, 0.29) is 11.9 Å². The first-order valence-electron chi connectivity index (χ1n) is 6.05. The molecule has 1 atom stereocenters. The normalized spacial score (nSPS) is 13.0. The molecule has 1 unspecified atom stereocenters. The lowest BCUT2D eigenvalue weighted by atomic mass is 10.1. The molecule has 0 aliphatic rings. The lowest BCUT2D eigenvalue weighted by Crippen LogP contribution is -2.27. The van der Waals surface area contributed by atoms with Gasteiger partial charge in [-0.25, -0.2) is 0 Å². The van der Waals surface area contributed by atoms with Crippen molar-refractivity contribution in [2.24, 2.45) is 10.9 Å². The van der Waals surface area contributed by atoms with Gasteiger partial charge in [-0.3, -0.25) is 0 Å². The van der Waals surface area contributed by atoms with Crippen molar-refractivity contribution >= 4 is 17.4 Å². The van der Waals surface area contributed by atoms with E-state index in [1.807, 2.05) is 6.07 Å². The number of halogens is 1. The molecule has 0 aliphatic heterocycles. The Labute approximate surface area is 118 Å². The molecule has 1 aromatic carbocycles. The molecule has 4 N–H and O–H groups in total. The van der Waals surface area contributed by atoms with E-state index >= 15 is 0 Å². The van der Waals surface area contributed by atoms with Crippen molar-refractivity contribution in [3.63, 3.8) is 0 Å². The third-order valence-corrected chi connectivity index (χ3v) is 3.25. The van der Waals surface area contributed by atoms with Crippen LogP contribution in [0.15, 0.2) is 23.4 Å². The average Bonchev–Trinajstić information content (AvgIpc) is 2.43. The molecular formula is C14H18ClN3O. The highest BCUT2D eigenvalue weighted by atomic mass is 35.5. The Hall–Kier alpha value is -1.70. The smallest absolute Gasteiger partial charge is 0.170 e. The predicted molar refractivity (Wildman–Crippen MR) is 78.3 cm³/mol. The average molecular weight is 280 g/mol. The molecule has 0 aromatic heterocycles. The summed E-state index contributed by atoms with van der Waals surface area (Å²) in [6.45, 7) is 2.72. The number of terminal acetylenes is 1. The molecule has 0 saturated carbocycles. The Bertz CT molecular complexity index is 494. The molecule has 5 heteroatoms. The molecule has 19 heavy (non-hydrogen) atoms. The molecule has 0 fully saturated rings. The Kier molecular flexibility index (Phi) is 6.20. The summed E-state index contributed by atoms with van der Waals surface area (Å²) in [6.07, 6.45) is 6.96. The highest BCUT2D eigenvalue weighted by Crippen LogP contribution is 2.18. The van der Waals surface area contributed by atoms with E-state index in [1.54, 1.807) is 12.1 Å². The molecule has 0 heterocycles. The van der Waals surface area contributed by atoms with E-state index in [0.29, 0.717) is 23.6 Å². The van der Waals surface area contributed by atoms with Gasteiger partial charge in [0.1, 0.15) is 0 Å². The van der Waals surface area contributed by atoms with Gasteiger partial charge in [-0.1, -0.05) is 35.8 Å². The number of nitrogens with two attached hydrogens (primary N) is 1. The first-order chi connectivity index (χ1) is 9.12. The van der Waals surface area contributed by atoms with Crippen molar-refractivity contribution in [3.05, 3.63) is 34.3 Å². The van der Waals surface area contributed by atoms with E-state index in [9.17, 15) is 0 Å². The third kappa shape index (κ3) is 4.47. The molecule has 0 spiro atoms. The van der Waals surface area contributed by atoms with E-state index in [0.717, 1.165) is 12.0 Å². The monoisotopic (exact) mass is 279 g/mol. The fourth-order valence-corrected chi connectivity index (χ4v) is 1.91. The van der Waals surface area contributed by atoms with Crippen molar-refractivity contribution < 1.29 is 5.21 Å². The second-order valence-electron chi connectivity index (χ2n) is 4.19. The molecule has 4 nitrogen and oxygen atoms in total. The SMILES string of the molecule is C#CCC(CC)NCc1ccc(/C(N)=N/O)cc1Cl. The van der Waals surface area contributed by atoms with Gasteiger partial charge >= 0.3 is 0 Å². The van der Waals surface area contributed by atoms with Crippen LogP contribution in [0, 0.1) is 12.3 Å². The number of oxime groups is 1. The molecule has 102 valence electrons. The number of amidine groups is 1. The van der Waals surface area contributed by atoms with Crippen LogP contribution in [-0.4, -0.2) is 17.1 Å². The summed E-state index contributed by atoms with van der Waals surface area (Å²) in [7, 11) is 0. The second-order valence-corrected chi connectivity index (χ2v) is 4.59. The second kappa shape index (κ2) is 7.67. The lowest BCUT2D eigenvalue weighted by Gasteiger charge is -2.15. The molecule has 1 rings (SSSR count). The van der Waals surface area contributed by atoms with E-state index in [1.165, 1.54) is 0 Å². The van der Waals surface area contributed by atoms with Crippen molar-refractivity contribution in [3.8, 4) is 12.3 Å². The van der Waals surface area contributed by atoms with Crippen LogP contribution in [-0.2, 0) is 6.54 Å². The van der Waals surface area contributed by atoms with Gasteiger partial charge in [0.25, 0.3) is 0 Å². The quantitative estimate of drug-likeness (QED) is 0.246. The van der Waals surface area contributed by atoms with Crippen LogP contribution in [0.1, 0.15) is 30.9 Å². The Morgan fingerprint density at radius 1 is 1.63 bits per heavy atom. The fourth-order valence-electron chi connectivity index (χ4n) is 1.67. The van der Waals surface area contributed by atoms with Gasteiger partial charge in [0, 0.05) is 29.6 Å². The van der Waals surface area contributed by atoms with Crippen LogP contribution in [0.25, 0.3) is 0 Å². The summed E-state index contributed by atoms with van der Waals surface area (Å²) in [5.74, 6) is 2.69. The van der Waals surface area contributed by atoms with E-state index in [2.05, 4.69) is 23.3 Å². The van der Waals surface area contributed by atoms with Gasteiger partial charge in [0.15, 0.2) is 5.84 Å². The molecule has 0 bridgehead atoms. The van der Waals surface area contributed by atoms with Crippen molar-refractivity contribution in [2.75, 3.05) is 0 Å². The maximum absolute atomic E-state index is 8.60. The summed E-state index contributed by atoms with van der Waals surface area (Å²) in [5, 5.41) is 15.5. The van der Waals surface area contributed by atoms with E-state index in [4.69, 9.17) is 29.0 Å². The molecule has 0 radical (unpaired) electrons. The molecule has 1 aromatic rings. The minimum absolute atomic E-state index is 0.0418. The van der Waals surface area contributed by atoms with Crippen molar-refractivity contribution in [1.82, 2.24) is 5.32 Å². The van der Waals surface area contributed by atoms with Crippen molar-refractivity contribution in [1.29, 1.82) is 0 Å². The maximum Gasteiger partial charge on any atom is 0.170 e. The number of nitrogens with one attached hydrogen (secondary N) is 1. The highest BCUT2D eigenvalue weighted by Gasteiger charge is 2.08. The fraction of sp³-hybridized carbons (Fsp3) is 0.357. The zero-order valence-corrected chi connectivity index (χ0v) is 11.6. The van der Waals surface area contributed by atoms with Gasteiger partial charge in [0.2, 0.25) is 0 Å². The standard InChI is InChI=1S/C14H18ClN3O/c1-3-5-12(4-2)17-9-11-7-6-10(8-13(11)15)14(16)18-19/h1,6-8,12,17,19H,4-5,9H2,2H3,(H2,16,18). The summed E-state index contributed by atoms with van der Waals surface area (Å²) in [6, 6.07) is 5.58. The minimum Gasteiger partial charge on any atom is -0.409 e. The number of hydrogen-bond acceptors (Lipinski definition) is 3. The molecule has 0 aliphatic carbocycles.